The number of halogens is 3. The highest BCUT2D eigenvalue weighted by Gasteiger charge is 2.15. The zero-order chi connectivity index (χ0) is 14.8. The van der Waals surface area contributed by atoms with E-state index in [4.69, 9.17) is 23.1 Å². The monoisotopic (exact) mass is 391 g/mol. The SMILES string of the molecule is Cl.Cl.NC(N)=N/N=C/c1c(-c2ccccn2)nc2sc(Cl)cn12. The lowest BCUT2D eigenvalue weighted by Crippen LogP contribution is -2.21. The molecule has 0 aliphatic heterocycles. The fourth-order valence-corrected chi connectivity index (χ4v) is 2.82. The Balaban J connectivity index is 0.00000132. The second-order valence-corrected chi connectivity index (χ2v) is 5.66. The minimum Gasteiger partial charge on any atom is -0.369 e. The molecule has 3 aromatic rings. The number of thiazole rings is 1. The van der Waals surface area contributed by atoms with Gasteiger partial charge in [-0.1, -0.05) is 29.0 Å². The average Bonchev–Trinajstić information content (AvgIpc) is 2.97. The van der Waals surface area contributed by atoms with Crippen LogP contribution in [-0.2, 0) is 0 Å². The molecule has 3 rings (SSSR count). The van der Waals surface area contributed by atoms with Crippen molar-refractivity contribution in [3.05, 3.63) is 40.6 Å². The van der Waals surface area contributed by atoms with Gasteiger partial charge in [0.1, 0.15) is 10.0 Å². The van der Waals surface area contributed by atoms with Crippen LogP contribution < -0.4 is 11.5 Å². The fraction of sp³-hybridized carbons (Fsp3) is 0. The van der Waals surface area contributed by atoms with Gasteiger partial charge in [0.2, 0.25) is 5.96 Å². The highest BCUT2D eigenvalue weighted by molar-refractivity contribution is 7.20. The van der Waals surface area contributed by atoms with Crippen LogP contribution in [0.25, 0.3) is 16.3 Å². The van der Waals surface area contributed by atoms with Crippen LogP contribution in [0.4, 0.5) is 0 Å². The molecule has 0 fully saturated rings. The van der Waals surface area contributed by atoms with Gasteiger partial charge in [-0.3, -0.25) is 9.38 Å². The molecule has 0 aliphatic rings. The molecule has 4 N–H and O–H groups in total. The first kappa shape index (κ1) is 19.2. The van der Waals surface area contributed by atoms with E-state index in [-0.39, 0.29) is 30.8 Å². The van der Waals surface area contributed by atoms with Crippen molar-refractivity contribution in [3.63, 3.8) is 0 Å². The van der Waals surface area contributed by atoms with E-state index in [2.05, 4.69) is 20.2 Å². The first-order valence-corrected chi connectivity index (χ1v) is 7.05. The number of nitrogens with two attached hydrogens (primary N) is 2. The molecule has 11 heteroatoms. The van der Waals surface area contributed by atoms with Crippen molar-refractivity contribution >= 4 is 64.9 Å². The van der Waals surface area contributed by atoms with Crippen LogP contribution in [0.5, 0.6) is 0 Å². The van der Waals surface area contributed by atoms with Gasteiger partial charge < -0.3 is 11.5 Å². The Morgan fingerprint density at radius 1 is 1.30 bits per heavy atom. The van der Waals surface area contributed by atoms with E-state index in [1.807, 2.05) is 22.6 Å². The van der Waals surface area contributed by atoms with E-state index in [1.54, 1.807) is 12.4 Å². The van der Waals surface area contributed by atoms with Crippen molar-refractivity contribution in [1.29, 1.82) is 0 Å². The largest absolute Gasteiger partial charge is 0.369 e. The van der Waals surface area contributed by atoms with Crippen LogP contribution in [-0.4, -0.2) is 26.5 Å². The predicted molar refractivity (Wildman–Crippen MR) is 99.2 cm³/mol. The number of hydrogen-bond acceptors (Lipinski definition) is 5. The zero-order valence-corrected chi connectivity index (χ0v) is 14.7. The van der Waals surface area contributed by atoms with Gasteiger partial charge in [-0.15, -0.1) is 29.9 Å². The Bertz CT molecular complexity index is 837. The van der Waals surface area contributed by atoms with E-state index in [9.17, 15) is 0 Å². The summed E-state index contributed by atoms with van der Waals surface area (Å²) in [5, 5.41) is 7.44. The normalized spacial score (nSPS) is 10.3. The number of guanidine groups is 1. The molecule has 0 unspecified atom stereocenters. The standard InChI is InChI=1S/C12H10ClN7S.2ClH/c13-9-6-20-8(5-17-19-11(14)15)10(18-12(20)21-9)7-3-1-2-4-16-7;;/h1-6H,(H4,14,15,19);2*1H/b17-5+;;. The van der Waals surface area contributed by atoms with Crippen LogP contribution in [0.2, 0.25) is 4.34 Å². The molecular formula is C12H12Cl3N7S. The number of fused-ring (bicyclic) bond motifs is 1. The third-order valence-corrected chi connectivity index (χ3v) is 3.70. The summed E-state index contributed by atoms with van der Waals surface area (Å²) in [6.07, 6.45) is 4.98. The number of nitrogens with zero attached hydrogens (tertiary/aromatic N) is 5. The third-order valence-electron chi connectivity index (χ3n) is 2.60. The lowest BCUT2D eigenvalue weighted by atomic mass is 10.2. The summed E-state index contributed by atoms with van der Waals surface area (Å²) in [4.78, 5) is 9.58. The van der Waals surface area contributed by atoms with Crippen LogP contribution >= 0.6 is 47.8 Å². The zero-order valence-electron chi connectivity index (χ0n) is 11.5. The minimum absolute atomic E-state index is 0. The lowest BCUT2D eigenvalue weighted by molar-refractivity contribution is 1.18. The maximum atomic E-state index is 6.01. The number of aromatic nitrogens is 3. The van der Waals surface area contributed by atoms with Gasteiger partial charge in [0.25, 0.3) is 0 Å². The van der Waals surface area contributed by atoms with Gasteiger partial charge in [0.15, 0.2) is 4.96 Å². The Morgan fingerprint density at radius 3 is 2.74 bits per heavy atom. The van der Waals surface area contributed by atoms with E-state index in [1.165, 1.54) is 17.6 Å². The topological polar surface area (TPSA) is 107 Å². The summed E-state index contributed by atoms with van der Waals surface area (Å²) >= 11 is 7.37. The van der Waals surface area contributed by atoms with Gasteiger partial charge in [-0.25, -0.2) is 4.98 Å². The van der Waals surface area contributed by atoms with Crippen LogP contribution in [0, 0.1) is 0 Å². The number of imidazole rings is 1. The summed E-state index contributed by atoms with van der Waals surface area (Å²) in [7, 11) is 0. The summed E-state index contributed by atoms with van der Waals surface area (Å²) in [6.45, 7) is 0. The third kappa shape index (κ3) is 4.11. The van der Waals surface area contributed by atoms with Crippen molar-refractivity contribution in [3.8, 4) is 11.4 Å². The van der Waals surface area contributed by atoms with E-state index >= 15 is 0 Å². The molecule has 0 atom stereocenters. The lowest BCUT2D eigenvalue weighted by Gasteiger charge is -1.97. The molecule has 0 amide bonds. The fourth-order valence-electron chi connectivity index (χ4n) is 1.80. The molecule has 0 aliphatic carbocycles. The van der Waals surface area contributed by atoms with Crippen molar-refractivity contribution in [2.75, 3.05) is 0 Å². The molecule has 23 heavy (non-hydrogen) atoms. The van der Waals surface area contributed by atoms with Gasteiger partial charge in [-0.05, 0) is 12.1 Å². The number of rotatable bonds is 3. The maximum Gasteiger partial charge on any atom is 0.211 e. The summed E-state index contributed by atoms with van der Waals surface area (Å²) in [5.41, 5.74) is 12.6. The molecule has 0 radical (unpaired) electrons. The van der Waals surface area contributed by atoms with Crippen molar-refractivity contribution in [2.45, 2.75) is 0 Å². The molecule has 0 spiro atoms. The van der Waals surface area contributed by atoms with Crippen LogP contribution in [0.1, 0.15) is 5.69 Å². The molecule has 0 saturated heterocycles. The maximum absolute atomic E-state index is 6.01. The van der Waals surface area contributed by atoms with Gasteiger partial charge in [-0.2, -0.15) is 5.10 Å². The van der Waals surface area contributed by atoms with Gasteiger partial charge in [0, 0.05) is 12.4 Å². The first-order chi connectivity index (χ1) is 10.1. The first-order valence-electron chi connectivity index (χ1n) is 5.86. The van der Waals surface area contributed by atoms with Crippen LogP contribution in [0.15, 0.2) is 40.8 Å². The molecule has 122 valence electrons. The van der Waals surface area contributed by atoms with Gasteiger partial charge >= 0.3 is 0 Å². The Hall–Kier alpha value is -1.87. The highest BCUT2D eigenvalue weighted by atomic mass is 35.5. The molecular weight excluding hydrogens is 381 g/mol. The Kier molecular flexibility index (Phi) is 6.77. The van der Waals surface area contributed by atoms with E-state index in [0.29, 0.717) is 15.7 Å². The number of hydrogen-bond donors (Lipinski definition) is 2. The molecule has 3 aromatic heterocycles. The van der Waals surface area contributed by atoms with Crippen molar-refractivity contribution < 1.29 is 0 Å². The second-order valence-electron chi connectivity index (χ2n) is 4.02. The van der Waals surface area contributed by atoms with Crippen LogP contribution in [0.3, 0.4) is 0 Å². The van der Waals surface area contributed by atoms with Gasteiger partial charge in [0.05, 0.1) is 17.6 Å². The molecule has 3 heterocycles. The van der Waals surface area contributed by atoms with E-state index in [0.717, 1.165) is 10.7 Å². The summed E-state index contributed by atoms with van der Waals surface area (Å²) < 4.78 is 2.45. The summed E-state index contributed by atoms with van der Waals surface area (Å²) in [6, 6.07) is 5.59. The Morgan fingerprint density at radius 2 is 2.09 bits per heavy atom. The van der Waals surface area contributed by atoms with E-state index < -0.39 is 0 Å². The highest BCUT2D eigenvalue weighted by Crippen LogP contribution is 2.28. The van der Waals surface area contributed by atoms with Crippen molar-refractivity contribution in [2.24, 2.45) is 21.7 Å². The average molecular weight is 393 g/mol. The minimum atomic E-state index is -0.116. The number of pyridine rings is 1. The molecule has 0 bridgehead atoms. The Labute approximate surface area is 152 Å². The quantitative estimate of drug-likeness (QED) is 0.406. The molecule has 7 nitrogen and oxygen atoms in total. The molecule has 0 aromatic carbocycles. The molecule has 0 saturated carbocycles. The smallest absolute Gasteiger partial charge is 0.211 e. The predicted octanol–water partition coefficient (Wildman–Crippen LogP) is 2.56. The van der Waals surface area contributed by atoms with Crippen molar-refractivity contribution in [1.82, 2.24) is 14.4 Å². The summed E-state index contributed by atoms with van der Waals surface area (Å²) in [5.74, 6) is -0.116. The second kappa shape index (κ2) is 8.11.